The zero-order chi connectivity index (χ0) is 30.9. The number of ether oxygens (including phenoxy) is 7. The normalized spacial score (nSPS) is 52.3. The van der Waals surface area contributed by atoms with Gasteiger partial charge in [0.15, 0.2) is 18.9 Å². The lowest BCUT2D eigenvalue weighted by molar-refractivity contribution is -0.359. The van der Waals surface area contributed by atoms with Crippen LogP contribution >= 0.6 is 0 Å². The molecule has 4 saturated heterocycles. The van der Waals surface area contributed by atoms with Crippen molar-refractivity contribution in [2.45, 2.75) is 124 Å². The lowest BCUT2D eigenvalue weighted by Crippen LogP contribution is -2.63. The van der Waals surface area contributed by atoms with Crippen molar-refractivity contribution in [2.75, 3.05) is 26.4 Å². The summed E-state index contributed by atoms with van der Waals surface area (Å²) in [6.45, 7) is -0.298. The molecule has 0 radical (unpaired) electrons. The molecule has 18 heteroatoms. The highest BCUT2D eigenvalue weighted by atomic mass is 16.8. The molecule has 0 aliphatic carbocycles. The Bertz CT molecular complexity index is 837. The summed E-state index contributed by atoms with van der Waals surface area (Å²) in [4.78, 5) is 0. The fourth-order valence-corrected chi connectivity index (χ4v) is 5.33. The molecule has 0 saturated carbocycles. The smallest absolute Gasteiger partial charge is 0.187 e. The molecule has 4 rings (SSSR count). The van der Waals surface area contributed by atoms with Crippen molar-refractivity contribution in [3.63, 3.8) is 0 Å². The van der Waals surface area contributed by atoms with Gasteiger partial charge in [-0.3, -0.25) is 0 Å². The van der Waals surface area contributed by atoms with Crippen LogP contribution in [-0.2, 0) is 33.2 Å². The molecule has 0 aromatic heterocycles. The van der Waals surface area contributed by atoms with E-state index in [0.29, 0.717) is 0 Å². The first kappa shape index (κ1) is 34.2. The Morgan fingerprint density at radius 1 is 0.571 bits per heavy atom. The van der Waals surface area contributed by atoms with Crippen molar-refractivity contribution in [3.8, 4) is 0 Å². The van der Waals surface area contributed by atoms with Gasteiger partial charge in [-0.25, -0.2) is 0 Å². The number of hydrogen-bond acceptors (Lipinski definition) is 18. The first-order valence-corrected chi connectivity index (χ1v) is 13.7. The van der Waals surface area contributed by atoms with Crippen LogP contribution in [0.3, 0.4) is 0 Å². The van der Waals surface area contributed by atoms with Crippen LogP contribution in [0.5, 0.6) is 0 Å². The molecule has 42 heavy (non-hydrogen) atoms. The van der Waals surface area contributed by atoms with E-state index in [1.54, 1.807) is 0 Å². The Balaban J connectivity index is 1.43. The Labute approximate surface area is 240 Å². The highest BCUT2D eigenvalue weighted by Gasteiger charge is 2.50. The van der Waals surface area contributed by atoms with Crippen molar-refractivity contribution in [2.24, 2.45) is 0 Å². The third-order valence-electron chi connectivity index (χ3n) is 8.00. The largest absolute Gasteiger partial charge is 0.394 e. The summed E-state index contributed by atoms with van der Waals surface area (Å²) in [6.07, 6.45) is -26.3. The second kappa shape index (κ2) is 14.6. The Morgan fingerprint density at radius 2 is 1.10 bits per heavy atom. The molecule has 4 fully saturated rings. The van der Waals surface area contributed by atoms with Crippen LogP contribution in [0, 0.1) is 0 Å². The van der Waals surface area contributed by atoms with Crippen LogP contribution in [0.4, 0.5) is 0 Å². The Kier molecular flexibility index (Phi) is 11.9. The van der Waals surface area contributed by atoms with Gasteiger partial charge in [0.25, 0.3) is 0 Å². The van der Waals surface area contributed by atoms with E-state index in [4.69, 9.17) is 33.2 Å². The molecule has 4 aliphatic heterocycles. The molecule has 18 atom stereocenters. The predicted octanol–water partition coefficient (Wildman–Crippen LogP) is -7.01. The summed E-state index contributed by atoms with van der Waals surface area (Å²) >= 11 is 0. The maximum atomic E-state index is 10.6. The third-order valence-corrected chi connectivity index (χ3v) is 8.00. The van der Waals surface area contributed by atoms with E-state index in [9.17, 15) is 56.2 Å². The van der Waals surface area contributed by atoms with Crippen molar-refractivity contribution in [1.29, 1.82) is 0 Å². The van der Waals surface area contributed by atoms with Crippen LogP contribution in [0.1, 0.15) is 13.3 Å². The first-order chi connectivity index (χ1) is 19.9. The van der Waals surface area contributed by atoms with Gasteiger partial charge in [0.2, 0.25) is 0 Å². The van der Waals surface area contributed by atoms with Crippen LogP contribution in [0.2, 0.25) is 0 Å². The van der Waals surface area contributed by atoms with E-state index < -0.39 is 130 Å². The monoisotopic (exact) mass is 618 g/mol. The van der Waals surface area contributed by atoms with Gasteiger partial charge >= 0.3 is 0 Å². The van der Waals surface area contributed by atoms with E-state index in [1.165, 1.54) is 6.92 Å². The predicted molar refractivity (Wildman–Crippen MR) is 130 cm³/mol. The second-order valence-corrected chi connectivity index (χ2v) is 10.9. The summed E-state index contributed by atoms with van der Waals surface area (Å²) in [5, 5.41) is 111. The highest BCUT2D eigenvalue weighted by Crippen LogP contribution is 2.32. The Morgan fingerprint density at radius 3 is 1.71 bits per heavy atom. The molecule has 4 heterocycles. The standard InChI is InChI=1S/C24H42O18/c1-7-12(27)15(30)19(34)23(38-7)42-21-8(2-3-36-10(21)5-26)39-24-20(35)17(32)14(29)11(41-24)6-37-22-18(33)16(31)13(28)9(4-25)40-22/h7-35H,2-6H2,1H3/t7-,8+,9+,10+,11+,12+,13-,14-,15+,16-,17-,18+,19-,20+,21-,22-,23-,24+/m0/s1. The van der Waals surface area contributed by atoms with Crippen molar-refractivity contribution in [1.82, 2.24) is 0 Å². The molecule has 0 aromatic carbocycles. The lowest BCUT2D eigenvalue weighted by Gasteiger charge is -2.46. The van der Waals surface area contributed by atoms with Gasteiger partial charge in [0.05, 0.1) is 32.0 Å². The van der Waals surface area contributed by atoms with E-state index in [1.807, 2.05) is 0 Å². The fraction of sp³-hybridized carbons (Fsp3) is 1.00. The van der Waals surface area contributed by atoms with Gasteiger partial charge < -0.3 is 89.3 Å². The molecule has 246 valence electrons. The minimum Gasteiger partial charge on any atom is -0.394 e. The first-order valence-electron chi connectivity index (χ1n) is 13.7. The number of aliphatic hydroxyl groups excluding tert-OH is 11. The highest BCUT2D eigenvalue weighted by molar-refractivity contribution is 4.94. The summed E-state index contributed by atoms with van der Waals surface area (Å²) in [7, 11) is 0. The van der Waals surface area contributed by atoms with Crippen LogP contribution < -0.4 is 0 Å². The van der Waals surface area contributed by atoms with Crippen LogP contribution in [0.15, 0.2) is 0 Å². The topological polar surface area (TPSA) is 287 Å². The van der Waals surface area contributed by atoms with Crippen LogP contribution in [0.25, 0.3) is 0 Å². The van der Waals surface area contributed by atoms with Gasteiger partial charge in [0.1, 0.15) is 79.4 Å². The second-order valence-electron chi connectivity index (χ2n) is 10.9. The average molecular weight is 619 g/mol. The summed E-state index contributed by atoms with van der Waals surface area (Å²) in [6, 6.07) is 0. The fourth-order valence-electron chi connectivity index (χ4n) is 5.33. The third kappa shape index (κ3) is 7.06. The number of rotatable bonds is 9. The molecule has 0 unspecified atom stereocenters. The summed E-state index contributed by atoms with van der Waals surface area (Å²) < 4.78 is 39.1. The van der Waals surface area contributed by atoms with Gasteiger partial charge in [-0.05, 0) is 13.3 Å². The summed E-state index contributed by atoms with van der Waals surface area (Å²) in [5.41, 5.74) is 0. The van der Waals surface area contributed by atoms with Gasteiger partial charge in [-0.1, -0.05) is 0 Å². The molecule has 0 amide bonds. The summed E-state index contributed by atoms with van der Waals surface area (Å²) in [5.74, 6) is 0. The Hall–Kier alpha value is -0.720. The zero-order valence-corrected chi connectivity index (χ0v) is 22.7. The van der Waals surface area contributed by atoms with Crippen molar-refractivity contribution < 1.29 is 89.3 Å². The maximum absolute atomic E-state index is 10.6. The molecule has 18 nitrogen and oxygen atoms in total. The van der Waals surface area contributed by atoms with Gasteiger partial charge in [-0.15, -0.1) is 0 Å². The van der Waals surface area contributed by atoms with Crippen LogP contribution in [-0.4, -0.2) is 193 Å². The van der Waals surface area contributed by atoms with E-state index in [2.05, 4.69) is 0 Å². The molecule has 4 aliphatic rings. The number of aliphatic hydroxyl groups is 11. The lowest BCUT2D eigenvalue weighted by atomic mass is 9.97. The number of hydrogen-bond donors (Lipinski definition) is 11. The molecule has 0 bridgehead atoms. The van der Waals surface area contributed by atoms with E-state index in [-0.39, 0.29) is 13.0 Å². The molecule has 0 aromatic rings. The quantitative estimate of drug-likeness (QED) is 0.114. The minimum absolute atomic E-state index is 0.0687. The van der Waals surface area contributed by atoms with Gasteiger partial charge in [-0.2, -0.15) is 0 Å². The minimum atomic E-state index is -1.80. The average Bonchev–Trinajstić information content (AvgIpc) is 2.98. The molecular weight excluding hydrogens is 576 g/mol. The van der Waals surface area contributed by atoms with Gasteiger partial charge in [0, 0.05) is 6.61 Å². The van der Waals surface area contributed by atoms with E-state index in [0.717, 1.165) is 0 Å². The van der Waals surface area contributed by atoms with Crippen molar-refractivity contribution >= 4 is 0 Å². The zero-order valence-electron chi connectivity index (χ0n) is 22.7. The SMILES string of the molecule is C[C@@H]1O[C@@H](O[C@@H]2[C@@H](CO)OCC[C@H]2O[C@@H]2O[C@H](CO[C@H]3O[C@H](CO)[C@H](O)[C@H](O)[C@H]3O)[C@H](O)[C@H](O)[C@H]2O)[C@@H](O)[C@H](O)[C@@H]1O. The molecule has 0 spiro atoms. The molecule has 11 N–H and O–H groups in total. The van der Waals surface area contributed by atoms with E-state index >= 15 is 0 Å². The molecular formula is C24H42O18. The van der Waals surface area contributed by atoms with Crippen molar-refractivity contribution in [3.05, 3.63) is 0 Å². The maximum Gasteiger partial charge on any atom is 0.187 e.